The third kappa shape index (κ3) is 2.41. The maximum atomic E-state index is 13.3. The average molecular weight is 256 g/mol. The van der Waals surface area contributed by atoms with Crippen molar-refractivity contribution in [2.24, 2.45) is 0 Å². The fourth-order valence-corrected chi connectivity index (χ4v) is 2.55. The van der Waals surface area contributed by atoms with Gasteiger partial charge in [0.25, 0.3) is 0 Å². The van der Waals surface area contributed by atoms with E-state index in [0.717, 1.165) is 24.3 Å². The minimum absolute atomic E-state index is 0.173. The second-order valence-electron chi connectivity index (χ2n) is 5.00. The van der Waals surface area contributed by atoms with Gasteiger partial charge in [0.1, 0.15) is 5.82 Å². The quantitative estimate of drug-likeness (QED) is 0.882. The number of fused-ring (bicyclic) bond motifs is 1. The van der Waals surface area contributed by atoms with Crippen LogP contribution in [0.1, 0.15) is 12.5 Å². The first-order valence-electron chi connectivity index (χ1n) is 6.58. The second-order valence-corrected chi connectivity index (χ2v) is 5.00. The first-order valence-corrected chi connectivity index (χ1v) is 6.58. The van der Waals surface area contributed by atoms with Crippen LogP contribution in [0.5, 0.6) is 0 Å². The molecule has 0 saturated heterocycles. The molecule has 0 aliphatic carbocycles. The van der Waals surface area contributed by atoms with Gasteiger partial charge in [0.05, 0.1) is 11.4 Å². The second kappa shape index (κ2) is 4.92. The van der Waals surface area contributed by atoms with Gasteiger partial charge in [-0.05, 0) is 36.8 Å². The molecule has 0 bridgehead atoms. The Kier molecular flexibility index (Phi) is 3.11. The highest BCUT2D eigenvalue weighted by Gasteiger charge is 2.22. The summed E-state index contributed by atoms with van der Waals surface area (Å²) in [5.74, 6) is -0.173. The highest BCUT2D eigenvalue weighted by atomic mass is 19.1. The van der Waals surface area contributed by atoms with Gasteiger partial charge in [0.2, 0.25) is 0 Å². The molecule has 1 aliphatic heterocycles. The highest BCUT2D eigenvalue weighted by molar-refractivity contribution is 5.72. The highest BCUT2D eigenvalue weighted by Crippen LogP contribution is 2.32. The predicted octanol–water partition coefficient (Wildman–Crippen LogP) is 3.65. The molecule has 1 heterocycles. The molecule has 0 radical (unpaired) electrons. The number of nitrogens with zero attached hydrogens (tertiary/aromatic N) is 1. The lowest BCUT2D eigenvalue weighted by atomic mass is 10.1. The molecule has 1 N–H and O–H groups in total. The molecule has 2 aromatic rings. The van der Waals surface area contributed by atoms with Crippen LogP contribution in [0.15, 0.2) is 48.5 Å². The Morgan fingerprint density at radius 2 is 2.05 bits per heavy atom. The van der Waals surface area contributed by atoms with Crippen molar-refractivity contribution in [3.63, 3.8) is 0 Å². The Morgan fingerprint density at radius 1 is 1.21 bits per heavy atom. The zero-order valence-corrected chi connectivity index (χ0v) is 10.9. The first-order chi connectivity index (χ1) is 9.24. The molecule has 0 spiro atoms. The molecule has 1 unspecified atom stereocenters. The van der Waals surface area contributed by atoms with Crippen LogP contribution >= 0.6 is 0 Å². The van der Waals surface area contributed by atoms with E-state index in [1.54, 1.807) is 12.1 Å². The van der Waals surface area contributed by atoms with Gasteiger partial charge in [-0.1, -0.05) is 24.3 Å². The average Bonchev–Trinajstić information content (AvgIpc) is 2.42. The summed E-state index contributed by atoms with van der Waals surface area (Å²) in [5.41, 5.74) is 3.34. The van der Waals surface area contributed by atoms with Gasteiger partial charge in [0.15, 0.2) is 0 Å². The van der Waals surface area contributed by atoms with E-state index >= 15 is 0 Å². The number of rotatable bonds is 2. The lowest BCUT2D eigenvalue weighted by Crippen LogP contribution is -2.41. The smallest absolute Gasteiger partial charge is 0.123 e. The normalized spacial score (nSPS) is 17.8. The lowest BCUT2D eigenvalue weighted by molar-refractivity contribution is 0.616. The van der Waals surface area contributed by atoms with Crippen molar-refractivity contribution in [1.82, 2.24) is 0 Å². The van der Waals surface area contributed by atoms with Crippen LogP contribution in [0.2, 0.25) is 0 Å². The zero-order valence-electron chi connectivity index (χ0n) is 10.9. The van der Waals surface area contributed by atoms with Gasteiger partial charge in [0, 0.05) is 19.1 Å². The number of nitrogens with one attached hydrogen (secondary N) is 1. The summed E-state index contributed by atoms with van der Waals surface area (Å²) in [6.07, 6.45) is 0. The molecule has 1 atom stereocenters. The summed E-state index contributed by atoms with van der Waals surface area (Å²) in [7, 11) is 0. The number of halogens is 1. The first kappa shape index (κ1) is 12.0. The van der Waals surface area contributed by atoms with Gasteiger partial charge in [-0.15, -0.1) is 0 Å². The molecule has 2 nitrogen and oxygen atoms in total. The van der Waals surface area contributed by atoms with Gasteiger partial charge < -0.3 is 10.2 Å². The Labute approximate surface area is 112 Å². The summed E-state index contributed by atoms with van der Waals surface area (Å²) in [5, 5.41) is 3.42. The van der Waals surface area contributed by atoms with E-state index in [9.17, 15) is 4.39 Å². The van der Waals surface area contributed by atoms with Crippen molar-refractivity contribution >= 4 is 11.4 Å². The number of anilines is 2. The molecule has 0 fully saturated rings. The minimum atomic E-state index is -0.173. The predicted molar refractivity (Wildman–Crippen MR) is 77.0 cm³/mol. The van der Waals surface area contributed by atoms with Crippen molar-refractivity contribution in [2.45, 2.75) is 19.5 Å². The van der Waals surface area contributed by atoms with E-state index in [1.807, 2.05) is 18.2 Å². The fraction of sp³-hybridized carbons (Fsp3) is 0.250. The number of para-hydroxylation sites is 2. The molecule has 1 aliphatic rings. The molecule has 0 aromatic heterocycles. The Morgan fingerprint density at radius 3 is 2.89 bits per heavy atom. The summed E-state index contributed by atoms with van der Waals surface area (Å²) in [6, 6.07) is 15.5. The molecule has 0 amide bonds. The van der Waals surface area contributed by atoms with E-state index < -0.39 is 0 Å². The van der Waals surface area contributed by atoms with Gasteiger partial charge in [-0.3, -0.25) is 0 Å². The molecular weight excluding hydrogens is 239 g/mol. The molecule has 0 saturated carbocycles. The SMILES string of the molecule is CC1CNc2ccccc2N1Cc1cccc(F)c1. The van der Waals surface area contributed by atoms with E-state index in [-0.39, 0.29) is 5.82 Å². The van der Waals surface area contributed by atoms with Crippen LogP contribution in [0.4, 0.5) is 15.8 Å². The minimum Gasteiger partial charge on any atom is -0.381 e. The molecule has 3 heteroatoms. The number of benzene rings is 2. The third-order valence-corrected chi connectivity index (χ3v) is 3.58. The maximum Gasteiger partial charge on any atom is 0.123 e. The monoisotopic (exact) mass is 256 g/mol. The van der Waals surface area contributed by atoms with Crippen molar-refractivity contribution in [2.75, 3.05) is 16.8 Å². The standard InChI is InChI=1S/C16H17FN2/c1-12-10-18-15-7-2-3-8-16(15)19(12)11-13-5-4-6-14(17)9-13/h2-9,12,18H,10-11H2,1H3. The molecule has 98 valence electrons. The third-order valence-electron chi connectivity index (χ3n) is 3.58. The van der Waals surface area contributed by atoms with Crippen molar-refractivity contribution in [1.29, 1.82) is 0 Å². The number of hydrogen-bond acceptors (Lipinski definition) is 2. The summed E-state index contributed by atoms with van der Waals surface area (Å²) >= 11 is 0. The van der Waals surface area contributed by atoms with Gasteiger partial charge in [-0.25, -0.2) is 4.39 Å². The maximum absolute atomic E-state index is 13.3. The fourth-order valence-electron chi connectivity index (χ4n) is 2.55. The topological polar surface area (TPSA) is 15.3 Å². The van der Waals surface area contributed by atoms with E-state index in [0.29, 0.717) is 6.04 Å². The summed E-state index contributed by atoms with van der Waals surface area (Å²) in [4.78, 5) is 2.32. The van der Waals surface area contributed by atoms with Gasteiger partial charge >= 0.3 is 0 Å². The number of hydrogen-bond donors (Lipinski definition) is 1. The van der Waals surface area contributed by atoms with Crippen molar-refractivity contribution in [3.05, 3.63) is 59.9 Å². The largest absolute Gasteiger partial charge is 0.381 e. The molecule has 2 aromatic carbocycles. The van der Waals surface area contributed by atoms with Crippen LogP contribution in [-0.2, 0) is 6.54 Å². The van der Waals surface area contributed by atoms with Gasteiger partial charge in [-0.2, -0.15) is 0 Å². The van der Waals surface area contributed by atoms with Crippen LogP contribution in [-0.4, -0.2) is 12.6 Å². The molecular formula is C16H17FN2. The summed E-state index contributed by atoms with van der Waals surface area (Å²) in [6.45, 7) is 3.83. The lowest BCUT2D eigenvalue weighted by Gasteiger charge is -2.37. The Balaban J connectivity index is 1.91. The zero-order chi connectivity index (χ0) is 13.2. The van der Waals surface area contributed by atoms with E-state index in [4.69, 9.17) is 0 Å². The van der Waals surface area contributed by atoms with Crippen LogP contribution < -0.4 is 10.2 Å². The molecule has 3 rings (SSSR count). The van der Waals surface area contributed by atoms with E-state index in [1.165, 1.54) is 11.8 Å². The Bertz CT molecular complexity index is 582. The van der Waals surface area contributed by atoms with Crippen molar-refractivity contribution in [3.8, 4) is 0 Å². The Hall–Kier alpha value is -2.03. The van der Waals surface area contributed by atoms with Crippen molar-refractivity contribution < 1.29 is 4.39 Å². The molecule has 19 heavy (non-hydrogen) atoms. The summed E-state index contributed by atoms with van der Waals surface area (Å²) < 4.78 is 13.3. The van der Waals surface area contributed by atoms with E-state index in [2.05, 4.69) is 29.3 Å². The van der Waals surface area contributed by atoms with Crippen LogP contribution in [0.25, 0.3) is 0 Å². The van der Waals surface area contributed by atoms with Crippen LogP contribution in [0, 0.1) is 5.82 Å². The van der Waals surface area contributed by atoms with Crippen LogP contribution in [0.3, 0.4) is 0 Å².